The predicted octanol–water partition coefficient (Wildman–Crippen LogP) is 2.81. The first-order valence-electron chi connectivity index (χ1n) is 5.82. The molecule has 2 nitrogen and oxygen atoms in total. The van der Waals surface area contributed by atoms with Crippen molar-refractivity contribution in [3.63, 3.8) is 0 Å². The van der Waals surface area contributed by atoms with Gasteiger partial charge in [-0.25, -0.2) is 0 Å². The van der Waals surface area contributed by atoms with E-state index in [2.05, 4.69) is 6.58 Å². The Bertz CT molecular complexity index is 173. The van der Waals surface area contributed by atoms with Gasteiger partial charge in [0.1, 0.15) is 0 Å². The van der Waals surface area contributed by atoms with Crippen LogP contribution in [-0.2, 0) is 0 Å². The van der Waals surface area contributed by atoms with Gasteiger partial charge in [-0.2, -0.15) is 0 Å². The van der Waals surface area contributed by atoms with Gasteiger partial charge in [-0.05, 0) is 26.2 Å². The summed E-state index contributed by atoms with van der Waals surface area (Å²) in [5.74, 6) is 0. The average Bonchev–Trinajstić information content (AvgIpc) is 2.21. The fourth-order valence-corrected chi connectivity index (χ4v) is 1.38. The molecule has 2 atom stereocenters. The quantitative estimate of drug-likeness (QED) is 0.456. The highest BCUT2D eigenvalue weighted by atomic mass is 16.3. The third-order valence-corrected chi connectivity index (χ3v) is 2.31. The van der Waals surface area contributed by atoms with Gasteiger partial charge in [0.05, 0.1) is 12.2 Å². The highest BCUT2D eigenvalue weighted by Crippen LogP contribution is 2.08. The minimum atomic E-state index is -0.333. The minimum Gasteiger partial charge on any atom is -0.389 e. The summed E-state index contributed by atoms with van der Waals surface area (Å²) in [4.78, 5) is 0. The van der Waals surface area contributed by atoms with E-state index in [1.165, 1.54) is 6.42 Å². The third kappa shape index (κ3) is 11.3. The summed E-state index contributed by atoms with van der Waals surface area (Å²) in [5, 5.41) is 18.2. The van der Waals surface area contributed by atoms with E-state index in [1.807, 2.05) is 12.2 Å². The van der Waals surface area contributed by atoms with Crippen LogP contribution in [0.3, 0.4) is 0 Å². The van der Waals surface area contributed by atoms with Crippen molar-refractivity contribution in [2.45, 2.75) is 57.7 Å². The highest BCUT2D eigenvalue weighted by molar-refractivity contribution is 4.85. The number of hydrogen-bond donors (Lipinski definition) is 2. The zero-order valence-electron chi connectivity index (χ0n) is 9.73. The number of allylic oxidation sites excluding steroid dienone is 1. The van der Waals surface area contributed by atoms with Gasteiger partial charge in [-0.3, -0.25) is 0 Å². The molecule has 0 aromatic carbocycles. The van der Waals surface area contributed by atoms with Crippen LogP contribution in [0, 0.1) is 0 Å². The van der Waals surface area contributed by atoms with Crippen molar-refractivity contribution in [1.82, 2.24) is 0 Å². The lowest BCUT2D eigenvalue weighted by Gasteiger charge is -2.03. The van der Waals surface area contributed by atoms with E-state index in [0.29, 0.717) is 0 Å². The van der Waals surface area contributed by atoms with Gasteiger partial charge < -0.3 is 10.2 Å². The fraction of sp³-hybridized carbons (Fsp3) is 0.692. The molecule has 0 heterocycles. The molecule has 0 aliphatic rings. The first-order valence-corrected chi connectivity index (χ1v) is 5.82. The van der Waals surface area contributed by atoms with Gasteiger partial charge >= 0.3 is 0 Å². The first kappa shape index (κ1) is 14.4. The SMILES string of the molecule is C=CC(O)CCCCCCC=CC(C)O. The second kappa shape index (κ2) is 9.94. The van der Waals surface area contributed by atoms with Crippen molar-refractivity contribution in [3.8, 4) is 0 Å². The molecule has 88 valence electrons. The van der Waals surface area contributed by atoms with Crippen molar-refractivity contribution >= 4 is 0 Å². The number of aliphatic hydroxyl groups excluding tert-OH is 2. The van der Waals surface area contributed by atoms with E-state index >= 15 is 0 Å². The van der Waals surface area contributed by atoms with Gasteiger partial charge in [0.25, 0.3) is 0 Å². The third-order valence-electron chi connectivity index (χ3n) is 2.31. The molecule has 0 aliphatic heterocycles. The van der Waals surface area contributed by atoms with E-state index in [9.17, 15) is 5.11 Å². The van der Waals surface area contributed by atoms with E-state index in [-0.39, 0.29) is 12.2 Å². The van der Waals surface area contributed by atoms with Crippen molar-refractivity contribution in [2.24, 2.45) is 0 Å². The summed E-state index contributed by atoms with van der Waals surface area (Å²) in [6.45, 7) is 5.29. The molecule has 15 heavy (non-hydrogen) atoms. The van der Waals surface area contributed by atoms with E-state index in [1.54, 1.807) is 13.0 Å². The van der Waals surface area contributed by atoms with Crippen LogP contribution in [0.25, 0.3) is 0 Å². The lowest BCUT2D eigenvalue weighted by atomic mass is 10.1. The zero-order chi connectivity index (χ0) is 11.5. The Hall–Kier alpha value is -0.600. The Balaban J connectivity index is 3.15. The second-order valence-corrected chi connectivity index (χ2v) is 3.96. The number of aliphatic hydroxyl groups is 2. The van der Waals surface area contributed by atoms with Crippen LogP contribution in [0.2, 0.25) is 0 Å². The monoisotopic (exact) mass is 212 g/mol. The van der Waals surface area contributed by atoms with Crippen molar-refractivity contribution in [2.75, 3.05) is 0 Å². The lowest BCUT2D eigenvalue weighted by Crippen LogP contribution is -2.00. The van der Waals surface area contributed by atoms with Crippen molar-refractivity contribution in [3.05, 3.63) is 24.8 Å². The fourth-order valence-electron chi connectivity index (χ4n) is 1.38. The van der Waals surface area contributed by atoms with Crippen LogP contribution in [0.1, 0.15) is 45.4 Å². The number of unbranched alkanes of at least 4 members (excludes halogenated alkanes) is 4. The Morgan fingerprint density at radius 1 is 1.13 bits per heavy atom. The topological polar surface area (TPSA) is 40.5 Å². The minimum absolute atomic E-state index is 0.326. The van der Waals surface area contributed by atoms with E-state index in [0.717, 1.165) is 32.1 Å². The molecular weight excluding hydrogens is 188 g/mol. The first-order chi connectivity index (χ1) is 7.16. The van der Waals surface area contributed by atoms with E-state index in [4.69, 9.17) is 5.11 Å². The molecule has 0 fully saturated rings. The number of rotatable bonds is 9. The summed E-state index contributed by atoms with van der Waals surface area (Å²) in [6, 6.07) is 0. The molecular formula is C13H24O2. The molecule has 0 saturated heterocycles. The molecule has 2 heteroatoms. The molecule has 0 amide bonds. The molecule has 0 spiro atoms. The summed E-state index contributed by atoms with van der Waals surface area (Å²) in [5.41, 5.74) is 0. The molecule has 0 aromatic heterocycles. The van der Waals surface area contributed by atoms with Crippen LogP contribution < -0.4 is 0 Å². The Labute approximate surface area is 93.3 Å². The maximum Gasteiger partial charge on any atom is 0.0718 e. The molecule has 2 unspecified atom stereocenters. The summed E-state index contributed by atoms with van der Waals surface area (Å²) >= 11 is 0. The van der Waals surface area contributed by atoms with Crippen molar-refractivity contribution in [1.29, 1.82) is 0 Å². The molecule has 0 bridgehead atoms. The van der Waals surface area contributed by atoms with Crippen LogP contribution in [0.4, 0.5) is 0 Å². The summed E-state index contributed by atoms with van der Waals surface area (Å²) in [6.07, 6.45) is 11.2. The van der Waals surface area contributed by atoms with Crippen LogP contribution in [0.5, 0.6) is 0 Å². The second-order valence-electron chi connectivity index (χ2n) is 3.96. The Morgan fingerprint density at radius 3 is 2.40 bits per heavy atom. The van der Waals surface area contributed by atoms with Crippen LogP contribution >= 0.6 is 0 Å². The van der Waals surface area contributed by atoms with Crippen molar-refractivity contribution < 1.29 is 10.2 Å². The molecule has 0 saturated carbocycles. The Morgan fingerprint density at radius 2 is 1.80 bits per heavy atom. The molecule has 0 aliphatic carbocycles. The number of hydrogen-bond acceptors (Lipinski definition) is 2. The van der Waals surface area contributed by atoms with Crippen LogP contribution in [-0.4, -0.2) is 22.4 Å². The molecule has 0 radical (unpaired) electrons. The smallest absolute Gasteiger partial charge is 0.0718 e. The summed E-state index contributed by atoms with van der Waals surface area (Å²) in [7, 11) is 0. The van der Waals surface area contributed by atoms with Gasteiger partial charge in [0, 0.05) is 0 Å². The van der Waals surface area contributed by atoms with Crippen LogP contribution in [0.15, 0.2) is 24.8 Å². The maximum absolute atomic E-state index is 9.20. The van der Waals surface area contributed by atoms with Gasteiger partial charge in [0.2, 0.25) is 0 Å². The maximum atomic E-state index is 9.20. The average molecular weight is 212 g/mol. The molecule has 0 rings (SSSR count). The van der Waals surface area contributed by atoms with E-state index < -0.39 is 0 Å². The Kier molecular flexibility index (Phi) is 9.54. The lowest BCUT2D eigenvalue weighted by molar-refractivity contribution is 0.208. The molecule has 0 aromatic rings. The molecule has 2 N–H and O–H groups in total. The van der Waals surface area contributed by atoms with Gasteiger partial charge in [-0.15, -0.1) is 6.58 Å². The zero-order valence-corrected chi connectivity index (χ0v) is 9.73. The summed E-state index contributed by atoms with van der Waals surface area (Å²) < 4.78 is 0. The predicted molar refractivity (Wildman–Crippen MR) is 64.7 cm³/mol. The standard InChI is InChI=1S/C13H24O2/c1-3-13(15)11-9-7-5-4-6-8-10-12(2)14/h3,8,10,12-15H,1,4-7,9,11H2,2H3. The van der Waals surface area contributed by atoms with Gasteiger partial charge in [0.15, 0.2) is 0 Å². The normalized spacial score (nSPS) is 15.4. The highest BCUT2D eigenvalue weighted by Gasteiger charge is 1.96. The largest absolute Gasteiger partial charge is 0.389 e. The van der Waals surface area contributed by atoms with Gasteiger partial charge in [-0.1, -0.05) is 37.5 Å².